The van der Waals surface area contributed by atoms with Crippen molar-refractivity contribution in [1.82, 2.24) is 20.2 Å². The Morgan fingerprint density at radius 2 is 2.06 bits per heavy atom. The topological polar surface area (TPSA) is 58.1 Å². The van der Waals surface area contributed by atoms with E-state index >= 15 is 0 Å². The first kappa shape index (κ1) is 10.7. The Morgan fingerprint density at radius 1 is 1.29 bits per heavy atom. The fourth-order valence-corrected chi connectivity index (χ4v) is 2.85. The highest BCUT2D eigenvalue weighted by Gasteiger charge is 2.37. The van der Waals surface area contributed by atoms with Crippen LogP contribution in [0.3, 0.4) is 0 Å². The number of rotatable bonds is 2. The zero-order valence-corrected chi connectivity index (χ0v) is 9.67. The van der Waals surface area contributed by atoms with Crippen LogP contribution in [0.2, 0.25) is 0 Å². The fourth-order valence-electron chi connectivity index (χ4n) is 2.85. The molecule has 1 aromatic rings. The van der Waals surface area contributed by atoms with Crippen molar-refractivity contribution in [3.05, 3.63) is 24.3 Å². The van der Waals surface area contributed by atoms with Crippen LogP contribution in [-0.2, 0) is 11.3 Å². The number of carbonyl (C=O) groups excluding carboxylic acids is 1. The monoisotopic (exact) mass is 232 g/mol. The number of fused-ring (bicyclic) bond motifs is 2. The van der Waals surface area contributed by atoms with Crippen molar-refractivity contribution in [2.75, 3.05) is 6.54 Å². The highest BCUT2D eigenvalue weighted by atomic mass is 16.1. The molecule has 1 aromatic heterocycles. The van der Waals surface area contributed by atoms with Gasteiger partial charge in [-0.1, -0.05) is 0 Å². The van der Waals surface area contributed by atoms with Gasteiger partial charge in [0.05, 0.1) is 0 Å². The van der Waals surface area contributed by atoms with Crippen molar-refractivity contribution < 1.29 is 4.79 Å². The van der Waals surface area contributed by atoms with Crippen molar-refractivity contribution >= 4 is 5.91 Å². The van der Waals surface area contributed by atoms with Gasteiger partial charge >= 0.3 is 0 Å². The molecule has 2 bridgehead atoms. The van der Waals surface area contributed by atoms with Gasteiger partial charge in [0.2, 0.25) is 5.91 Å². The van der Waals surface area contributed by atoms with E-state index in [0.717, 1.165) is 25.1 Å². The predicted molar refractivity (Wildman–Crippen MR) is 62.0 cm³/mol. The van der Waals surface area contributed by atoms with Gasteiger partial charge in [0.25, 0.3) is 0 Å². The lowest BCUT2D eigenvalue weighted by atomic mass is 10.1. The lowest BCUT2D eigenvalue weighted by molar-refractivity contribution is -0.121. The van der Waals surface area contributed by atoms with Crippen LogP contribution in [-0.4, -0.2) is 39.4 Å². The minimum absolute atomic E-state index is 0.187. The smallest absolute Gasteiger partial charge is 0.221 e. The molecule has 0 saturated carbocycles. The number of nitrogens with zero attached hydrogens (tertiary/aromatic N) is 3. The average molecular weight is 232 g/mol. The second-order valence-electron chi connectivity index (χ2n) is 4.81. The second-order valence-corrected chi connectivity index (χ2v) is 4.81. The van der Waals surface area contributed by atoms with Gasteiger partial charge in [-0.05, 0) is 12.8 Å². The van der Waals surface area contributed by atoms with Gasteiger partial charge < -0.3 is 5.32 Å². The molecule has 2 atom stereocenters. The normalized spacial score (nSPS) is 28.8. The minimum atomic E-state index is 0.187. The van der Waals surface area contributed by atoms with Crippen molar-refractivity contribution in [2.24, 2.45) is 0 Å². The second kappa shape index (κ2) is 4.41. The van der Waals surface area contributed by atoms with E-state index in [2.05, 4.69) is 20.2 Å². The maximum atomic E-state index is 11.5. The Balaban J connectivity index is 1.76. The molecule has 2 fully saturated rings. The fraction of sp³-hybridized carbons (Fsp3) is 0.583. The van der Waals surface area contributed by atoms with E-state index in [0.29, 0.717) is 18.5 Å². The predicted octanol–water partition coefficient (Wildman–Crippen LogP) is 0.329. The first-order valence-electron chi connectivity index (χ1n) is 6.09. The molecule has 17 heavy (non-hydrogen) atoms. The van der Waals surface area contributed by atoms with E-state index in [1.807, 2.05) is 12.4 Å². The van der Waals surface area contributed by atoms with E-state index in [-0.39, 0.29) is 5.91 Å². The summed E-state index contributed by atoms with van der Waals surface area (Å²) in [5.74, 6) is 0.187. The first-order chi connectivity index (χ1) is 8.33. The van der Waals surface area contributed by atoms with Crippen molar-refractivity contribution in [3.63, 3.8) is 0 Å². The largest absolute Gasteiger partial charge is 0.354 e. The molecule has 2 aliphatic rings. The Kier molecular flexibility index (Phi) is 2.76. The number of amides is 1. The molecule has 3 heterocycles. The number of aromatic nitrogens is 2. The molecule has 90 valence electrons. The molecule has 3 rings (SSSR count). The molecular weight excluding hydrogens is 216 g/mol. The summed E-state index contributed by atoms with van der Waals surface area (Å²) in [4.78, 5) is 22.0. The van der Waals surface area contributed by atoms with Crippen molar-refractivity contribution in [2.45, 2.75) is 37.9 Å². The Labute approximate surface area is 100 Å². The standard InChI is InChI=1S/C12H16N4O/c17-12-3-10-1-2-11(6-15-12)16(10)7-9-4-13-8-14-5-9/h4-5,8,10-11H,1-3,6-7H2,(H,15,17)/t10-,11+/m0/s1. The lowest BCUT2D eigenvalue weighted by Gasteiger charge is -2.26. The maximum absolute atomic E-state index is 11.5. The van der Waals surface area contributed by atoms with Crippen LogP contribution in [0.4, 0.5) is 0 Å². The highest BCUT2D eigenvalue weighted by molar-refractivity contribution is 5.77. The first-order valence-corrected chi connectivity index (χ1v) is 6.09. The molecule has 5 nitrogen and oxygen atoms in total. The van der Waals surface area contributed by atoms with E-state index in [9.17, 15) is 4.79 Å². The van der Waals surface area contributed by atoms with Gasteiger partial charge in [0, 0.05) is 49.6 Å². The molecule has 2 saturated heterocycles. The maximum Gasteiger partial charge on any atom is 0.221 e. The van der Waals surface area contributed by atoms with Gasteiger partial charge in [-0.15, -0.1) is 0 Å². The molecule has 0 spiro atoms. The Hall–Kier alpha value is -1.49. The zero-order valence-electron chi connectivity index (χ0n) is 9.67. The summed E-state index contributed by atoms with van der Waals surface area (Å²) in [6.07, 6.45) is 8.19. The summed E-state index contributed by atoms with van der Waals surface area (Å²) in [7, 11) is 0. The van der Waals surface area contributed by atoms with E-state index in [4.69, 9.17) is 0 Å². The van der Waals surface area contributed by atoms with Crippen LogP contribution >= 0.6 is 0 Å². The van der Waals surface area contributed by atoms with Crippen molar-refractivity contribution in [3.8, 4) is 0 Å². The van der Waals surface area contributed by atoms with E-state index in [1.54, 1.807) is 6.33 Å². The van der Waals surface area contributed by atoms with Crippen LogP contribution in [0.5, 0.6) is 0 Å². The third-order valence-corrected chi connectivity index (χ3v) is 3.71. The molecular formula is C12H16N4O. The molecule has 5 heteroatoms. The minimum Gasteiger partial charge on any atom is -0.354 e. The molecule has 1 N–H and O–H groups in total. The number of hydrogen-bond acceptors (Lipinski definition) is 4. The molecule has 0 aromatic carbocycles. The SMILES string of the molecule is O=C1C[C@@H]2CC[C@H](CN1)N2Cc1cncnc1. The zero-order chi connectivity index (χ0) is 11.7. The summed E-state index contributed by atoms with van der Waals surface area (Å²) in [5.41, 5.74) is 1.12. The van der Waals surface area contributed by atoms with Gasteiger partial charge in [-0.25, -0.2) is 9.97 Å². The van der Waals surface area contributed by atoms with E-state index < -0.39 is 0 Å². The van der Waals surface area contributed by atoms with Crippen LogP contribution in [0.1, 0.15) is 24.8 Å². The quantitative estimate of drug-likeness (QED) is 0.798. The molecule has 1 amide bonds. The van der Waals surface area contributed by atoms with Crippen molar-refractivity contribution in [1.29, 1.82) is 0 Å². The summed E-state index contributed by atoms with van der Waals surface area (Å²) >= 11 is 0. The summed E-state index contributed by atoms with van der Waals surface area (Å²) in [5, 5.41) is 2.98. The van der Waals surface area contributed by atoms with Gasteiger partial charge in [-0.2, -0.15) is 0 Å². The average Bonchev–Trinajstić information content (AvgIpc) is 2.62. The third kappa shape index (κ3) is 2.15. The lowest BCUT2D eigenvalue weighted by Crippen LogP contribution is -2.37. The van der Waals surface area contributed by atoms with Crippen LogP contribution in [0.25, 0.3) is 0 Å². The molecule has 0 unspecified atom stereocenters. The van der Waals surface area contributed by atoms with Gasteiger partial charge in [0.15, 0.2) is 0 Å². The number of nitrogens with one attached hydrogen (secondary N) is 1. The number of hydrogen-bond donors (Lipinski definition) is 1. The van der Waals surface area contributed by atoms with Crippen LogP contribution < -0.4 is 5.32 Å². The van der Waals surface area contributed by atoms with Crippen LogP contribution in [0.15, 0.2) is 18.7 Å². The van der Waals surface area contributed by atoms with E-state index in [1.165, 1.54) is 6.42 Å². The summed E-state index contributed by atoms with van der Waals surface area (Å²) in [6.45, 7) is 1.63. The van der Waals surface area contributed by atoms with Gasteiger partial charge in [0.1, 0.15) is 6.33 Å². The molecule has 2 aliphatic heterocycles. The molecule has 0 radical (unpaired) electrons. The highest BCUT2D eigenvalue weighted by Crippen LogP contribution is 2.29. The summed E-state index contributed by atoms with van der Waals surface area (Å²) in [6, 6.07) is 0.870. The van der Waals surface area contributed by atoms with Crippen LogP contribution in [0, 0.1) is 0 Å². The summed E-state index contributed by atoms with van der Waals surface area (Å²) < 4.78 is 0. The third-order valence-electron chi connectivity index (χ3n) is 3.71. The number of carbonyl (C=O) groups is 1. The Morgan fingerprint density at radius 3 is 2.88 bits per heavy atom. The molecule has 0 aliphatic carbocycles. The van der Waals surface area contributed by atoms with Gasteiger partial charge in [-0.3, -0.25) is 9.69 Å². The Bertz CT molecular complexity index is 408.